The number of aromatic nitrogens is 2. The Balaban J connectivity index is 1.40. The van der Waals surface area contributed by atoms with Gasteiger partial charge in [-0.1, -0.05) is 6.07 Å². The molecule has 3 aromatic heterocycles. The van der Waals surface area contributed by atoms with E-state index in [2.05, 4.69) is 28.1 Å². The molecule has 5 heterocycles. The summed E-state index contributed by atoms with van der Waals surface area (Å²) in [5, 5.41) is 11.7. The number of hydrogen-bond donors (Lipinski definition) is 3. The van der Waals surface area contributed by atoms with Crippen LogP contribution in [-0.2, 0) is 9.59 Å². The van der Waals surface area contributed by atoms with Crippen molar-refractivity contribution < 1.29 is 14.3 Å². The van der Waals surface area contributed by atoms with Crippen molar-refractivity contribution in [1.29, 1.82) is 0 Å². The smallest absolute Gasteiger partial charge is 0.275 e. The normalized spacial score (nSPS) is 16.5. The van der Waals surface area contributed by atoms with Crippen LogP contribution in [0.5, 0.6) is 5.75 Å². The van der Waals surface area contributed by atoms with E-state index < -0.39 is 11.8 Å². The second kappa shape index (κ2) is 9.70. The third kappa shape index (κ3) is 4.52. The molecule has 0 atom stereocenters. The lowest BCUT2D eigenvalue weighted by atomic mass is 10.1. The van der Waals surface area contributed by atoms with Crippen LogP contribution in [0.15, 0.2) is 53.0 Å². The molecule has 1 saturated heterocycles. The van der Waals surface area contributed by atoms with Gasteiger partial charge in [0.05, 0.1) is 10.3 Å². The summed E-state index contributed by atoms with van der Waals surface area (Å²) >= 11 is 3.13. The molecule has 0 aliphatic carbocycles. The molecule has 1 fully saturated rings. The van der Waals surface area contributed by atoms with Gasteiger partial charge in [-0.15, -0.1) is 22.7 Å². The van der Waals surface area contributed by atoms with Gasteiger partial charge < -0.3 is 15.4 Å². The van der Waals surface area contributed by atoms with Crippen molar-refractivity contribution in [1.82, 2.24) is 20.6 Å². The average molecular weight is 532 g/mol. The van der Waals surface area contributed by atoms with Gasteiger partial charge in [-0.25, -0.2) is 9.97 Å². The van der Waals surface area contributed by atoms with Crippen LogP contribution in [-0.4, -0.2) is 41.0 Å². The minimum Gasteiger partial charge on any atom is -0.490 e. The summed E-state index contributed by atoms with van der Waals surface area (Å²) in [4.78, 5) is 36.9. The van der Waals surface area contributed by atoms with E-state index in [0.29, 0.717) is 17.2 Å². The van der Waals surface area contributed by atoms with Gasteiger partial charge in [-0.3, -0.25) is 14.9 Å². The van der Waals surface area contributed by atoms with Gasteiger partial charge >= 0.3 is 0 Å². The quantitative estimate of drug-likeness (QED) is 0.305. The number of rotatable bonds is 6. The van der Waals surface area contributed by atoms with E-state index in [4.69, 9.17) is 14.7 Å². The second-order valence-electron chi connectivity index (χ2n) is 9.11. The number of benzene rings is 1. The van der Waals surface area contributed by atoms with Crippen molar-refractivity contribution >= 4 is 50.5 Å². The fourth-order valence-electron chi connectivity index (χ4n) is 4.62. The second-order valence-corrected chi connectivity index (χ2v) is 11.1. The topological polar surface area (TPSA) is 105 Å². The first-order valence-corrected chi connectivity index (χ1v) is 13.8. The third-order valence-electron chi connectivity index (χ3n) is 6.65. The number of carbonyl (C=O) groups excluding carboxylic acids is 2. The van der Waals surface area contributed by atoms with Crippen LogP contribution in [0.25, 0.3) is 31.4 Å². The molecular weight excluding hydrogens is 506 g/mol. The summed E-state index contributed by atoms with van der Waals surface area (Å²) < 4.78 is 6.18. The van der Waals surface area contributed by atoms with Gasteiger partial charge in [0.25, 0.3) is 11.8 Å². The number of amides is 2. The summed E-state index contributed by atoms with van der Waals surface area (Å²) in [6.07, 6.45) is 2.27. The molecule has 3 N–H and O–H groups in total. The predicted molar refractivity (Wildman–Crippen MR) is 147 cm³/mol. The molecule has 188 valence electrons. The zero-order chi connectivity index (χ0) is 25.5. The number of nitrogens with zero attached hydrogens (tertiary/aromatic N) is 2. The first-order valence-electron chi connectivity index (χ1n) is 12.1. The SMILES string of the molecule is CC1=C(Nc2nc(-c3cccs3)nc3sc(-c4ccc(OC5CCNCC5)cc4)c(C)c23)C(=O)NC1=O. The molecular formula is C27H25N5O3S2. The lowest BCUT2D eigenvalue weighted by Gasteiger charge is -2.23. The molecule has 8 nitrogen and oxygen atoms in total. The maximum Gasteiger partial charge on any atom is 0.275 e. The Morgan fingerprint density at radius 3 is 2.49 bits per heavy atom. The first-order chi connectivity index (χ1) is 18.0. The monoisotopic (exact) mass is 531 g/mol. The molecule has 0 spiro atoms. The highest BCUT2D eigenvalue weighted by Gasteiger charge is 2.29. The number of carbonyl (C=O) groups is 2. The standard InChI is InChI=1S/C27H25N5O3S2/c1-14-20-24(29-21-15(2)25(33)32-26(21)34)30-23(19-4-3-13-36-19)31-27(20)37-22(14)16-5-7-17(8-6-16)35-18-9-11-28-12-10-18/h3-8,13,18,28H,9-12H2,1-2H3,(H2,29,30,31,32,33,34). The van der Waals surface area contributed by atoms with E-state index >= 15 is 0 Å². The minimum atomic E-state index is -0.454. The zero-order valence-corrected chi connectivity index (χ0v) is 22.0. The molecule has 10 heteroatoms. The van der Waals surface area contributed by atoms with Crippen LogP contribution in [0, 0.1) is 6.92 Å². The Kier molecular flexibility index (Phi) is 6.23. The lowest BCUT2D eigenvalue weighted by Crippen LogP contribution is -2.34. The van der Waals surface area contributed by atoms with Gasteiger partial charge in [0.2, 0.25) is 0 Å². The Morgan fingerprint density at radius 1 is 1.03 bits per heavy atom. The average Bonchev–Trinajstić information content (AvgIpc) is 3.61. The molecule has 2 aliphatic heterocycles. The number of aryl methyl sites for hydroxylation is 1. The van der Waals surface area contributed by atoms with Crippen molar-refractivity contribution in [3.05, 3.63) is 58.6 Å². The number of thiophene rings is 2. The highest BCUT2D eigenvalue weighted by molar-refractivity contribution is 7.22. The van der Waals surface area contributed by atoms with Crippen LogP contribution in [0.1, 0.15) is 25.3 Å². The highest BCUT2D eigenvalue weighted by Crippen LogP contribution is 2.42. The number of anilines is 1. The summed E-state index contributed by atoms with van der Waals surface area (Å²) in [6.45, 7) is 5.64. The molecule has 6 rings (SSSR count). The summed E-state index contributed by atoms with van der Waals surface area (Å²) in [5.74, 6) is 1.11. The number of hydrogen-bond acceptors (Lipinski definition) is 9. The molecule has 0 unspecified atom stereocenters. The van der Waals surface area contributed by atoms with E-state index in [1.54, 1.807) is 29.6 Å². The number of nitrogens with one attached hydrogen (secondary N) is 3. The fourth-order valence-corrected chi connectivity index (χ4v) is 6.47. The Labute approximate surface area is 221 Å². The molecule has 1 aromatic carbocycles. The maximum atomic E-state index is 12.4. The molecule has 0 saturated carbocycles. The van der Waals surface area contributed by atoms with E-state index in [0.717, 1.165) is 62.8 Å². The molecule has 0 bridgehead atoms. The van der Waals surface area contributed by atoms with Gasteiger partial charge in [-0.05, 0) is 86.6 Å². The molecule has 2 aliphatic rings. The van der Waals surface area contributed by atoms with Crippen molar-refractivity contribution in [3.63, 3.8) is 0 Å². The molecule has 2 amide bonds. The largest absolute Gasteiger partial charge is 0.490 e. The van der Waals surface area contributed by atoms with Crippen LogP contribution in [0.4, 0.5) is 5.82 Å². The summed E-state index contributed by atoms with van der Waals surface area (Å²) in [6, 6.07) is 12.1. The van der Waals surface area contributed by atoms with Crippen molar-refractivity contribution in [2.75, 3.05) is 18.4 Å². The van der Waals surface area contributed by atoms with Crippen LogP contribution in [0.3, 0.4) is 0 Å². The minimum absolute atomic E-state index is 0.216. The molecule has 4 aromatic rings. The Hall–Kier alpha value is -3.60. The van der Waals surface area contributed by atoms with E-state index in [-0.39, 0.29) is 11.8 Å². The number of imide groups is 1. The Bertz CT molecular complexity index is 1530. The summed E-state index contributed by atoms with van der Waals surface area (Å²) in [7, 11) is 0. The maximum absolute atomic E-state index is 12.4. The fraction of sp³-hybridized carbons (Fsp3) is 0.259. The van der Waals surface area contributed by atoms with Crippen LogP contribution in [0.2, 0.25) is 0 Å². The number of fused-ring (bicyclic) bond motifs is 1. The van der Waals surface area contributed by atoms with Crippen molar-refractivity contribution in [3.8, 4) is 26.9 Å². The van der Waals surface area contributed by atoms with Crippen LogP contribution < -0.4 is 20.7 Å². The van der Waals surface area contributed by atoms with Gasteiger partial charge in [0, 0.05) is 10.5 Å². The van der Waals surface area contributed by atoms with Gasteiger partial charge in [0.1, 0.15) is 28.2 Å². The highest BCUT2D eigenvalue weighted by atomic mass is 32.1. The zero-order valence-electron chi connectivity index (χ0n) is 20.4. The predicted octanol–water partition coefficient (Wildman–Crippen LogP) is 4.87. The van der Waals surface area contributed by atoms with Crippen molar-refractivity contribution in [2.45, 2.75) is 32.8 Å². The molecule has 37 heavy (non-hydrogen) atoms. The Morgan fingerprint density at radius 2 is 1.81 bits per heavy atom. The van der Waals surface area contributed by atoms with Gasteiger partial charge in [0.15, 0.2) is 5.82 Å². The first kappa shape index (κ1) is 23.8. The van der Waals surface area contributed by atoms with Gasteiger partial charge in [-0.2, -0.15) is 0 Å². The van der Waals surface area contributed by atoms with E-state index in [1.807, 2.05) is 36.6 Å². The summed E-state index contributed by atoms with van der Waals surface area (Å²) in [5.41, 5.74) is 2.63. The van der Waals surface area contributed by atoms with E-state index in [1.165, 1.54) is 0 Å². The third-order valence-corrected chi connectivity index (χ3v) is 8.75. The number of ether oxygens (including phenoxy) is 1. The molecule has 0 radical (unpaired) electrons. The van der Waals surface area contributed by atoms with Crippen molar-refractivity contribution in [2.24, 2.45) is 0 Å². The number of piperidine rings is 1. The van der Waals surface area contributed by atoms with Crippen LogP contribution >= 0.6 is 22.7 Å². The van der Waals surface area contributed by atoms with E-state index in [9.17, 15) is 9.59 Å². The lowest BCUT2D eigenvalue weighted by molar-refractivity contribution is -0.124.